The minimum Gasteiger partial charge on any atom is -0.598 e. The molecule has 0 saturated heterocycles. The molecule has 0 N–H and O–H groups in total. The van der Waals surface area contributed by atoms with Gasteiger partial charge in [-0.1, -0.05) is 4.57 Å². The van der Waals surface area contributed by atoms with Crippen LogP contribution in [-0.2, 0) is 21.6 Å². The topological polar surface area (TPSA) is 63.2 Å². The fourth-order valence-electron chi connectivity index (χ4n) is 0.342. The molecule has 0 unspecified atom stereocenters. The van der Waals surface area contributed by atoms with Gasteiger partial charge in [0.05, 0.1) is 0 Å². The third-order valence-electron chi connectivity index (χ3n) is 0.607. The first-order valence-electron chi connectivity index (χ1n) is 2.46. The van der Waals surface area contributed by atoms with E-state index in [4.69, 9.17) is 14.4 Å². The Morgan fingerprint density at radius 1 is 1.09 bits per heavy atom. The molecule has 1 radical (unpaired) electrons. The Morgan fingerprint density at radius 2 is 1.45 bits per heavy atom. The van der Waals surface area contributed by atoms with Crippen LogP contribution in [0.4, 0.5) is 0 Å². The van der Waals surface area contributed by atoms with Gasteiger partial charge in [0, 0.05) is 0 Å². The molecule has 0 aliphatic carbocycles. The van der Waals surface area contributed by atoms with E-state index in [0.717, 1.165) is 0 Å². The minimum absolute atomic E-state index is 0. The van der Waals surface area contributed by atoms with Crippen LogP contribution in [0, 0.1) is 6.07 Å². The molecule has 0 saturated carbocycles. The van der Waals surface area contributed by atoms with E-state index in [1.807, 2.05) is 30.3 Å². The van der Waals surface area contributed by atoms with Crippen LogP contribution in [0.5, 0.6) is 0 Å². The molecular formula is C6H5CuO3P. The predicted octanol–water partition coefficient (Wildman–Crippen LogP) is -0.151. The minimum atomic E-state index is -3.37. The third-order valence-corrected chi connectivity index (χ3v) is 0.607. The molecule has 1 aromatic rings. The molecule has 0 bridgehead atoms. The number of benzene rings is 1. The van der Waals surface area contributed by atoms with Crippen molar-refractivity contribution in [3.63, 3.8) is 0 Å². The van der Waals surface area contributed by atoms with Crippen LogP contribution < -0.4 is 9.79 Å². The van der Waals surface area contributed by atoms with E-state index < -0.39 is 8.25 Å². The molecule has 11 heavy (non-hydrogen) atoms. The fraction of sp³-hybridized carbons (Fsp3) is 0. The zero-order chi connectivity index (χ0) is 7.82. The Morgan fingerprint density at radius 3 is 1.55 bits per heavy atom. The molecule has 63 valence electrons. The monoisotopic (exact) mass is 219 g/mol. The zero-order valence-corrected chi connectivity index (χ0v) is 7.20. The standard InChI is InChI=1S/C6H5.Cu.HO3P/c1-2-4-6-5-3-1;;1-4(2)3/h1-5H;;(H,1,2,3)/q-1;+2;/p-1. The van der Waals surface area contributed by atoms with Crippen molar-refractivity contribution in [2.45, 2.75) is 0 Å². The van der Waals surface area contributed by atoms with Crippen LogP contribution in [0.25, 0.3) is 0 Å². The normalized spacial score (nSPS) is 6.73. The van der Waals surface area contributed by atoms with E-state index in [2.05, 4.69) is 6.07 Å². The first kappa shape index (κ1) is 13.4. The number of hydrogen-bond acceptors (Lipinski definition) is 3. The summed E-state index contributed by atoms with van der Waals surface area (Å²) in [6, 6.07) is 12.5. The maximum absolute atomic E-state index is 8.48. The van der Waals surface area contributed by atoms with Crippen molar-refractivity contribution in [2.75, 3.05) is 0 Å². The Bertz CT molecular complexity index is 150. The van der Waals surface area contributed by atoms with Crippen LogP contribution in [0.2, 0.25) is 0 Å². The number of rotatable bonds is 0. The number of hydrogen-bond donors (Lipinski definition) is 0. The van der Waals surface area contributed by atoms with Gasteiger partial charge in [0.15, 0.2) is 0 Å². The van der Waals surface area contributed by atoms with Crippen LogP contribution in [0.3, 0.4) is 0 Å². The molecule has 0 amide bonds. The van der Waals surface area contributed by atoms with Crippen LogP contribution in [-0.4, -0.2) is 0 Å². The second-order valence-corrected chi connectivity index (χ2v) is 1.75. The van der Waals surface area contributed by atoms with E-state index in [-0.39, 0.29) is 17.1 Å². The Kier molecular flexibility index (Phi) is 11.9. The van der Waals surface area contributed by atoms with Gasteiger partial charge in [-0.25, -0.2) is 0 Å². The third kappa shape index (κ3) is 17.7. The van der Waals surface area contributed by atoms with Gasteiger partial charge in [0.1, 0.15) is 0 Å². The summed E-state index contributed by atoms with van der Waals surface area (Å²) >= 11 is 0. The van der Waals surface area contributed by atoms with Crippen LogP contribution >= 0.6 is 8.25 Å². The molecule has 0 fully saturated rings. The molecule has 3 nitrogen and oxygen atoms in total. The Labute approximate surface area is 76.5 Å². The van der Waals surface area contributed by atoms with Gasteiger partial charge in [-0.2, -0.15) is 36.4 Å². The summed E-state index contributed by atoms with van der Waals surface area (Å²) in [6.07, 6.45) is 0. The van der Waals surface area contributed by atoms with Crippen molar-refractivity contribution >= 4 is 8.25 Å². The van der Waals surface area contributed by atoms with Gasteiger partial charge in [-0.15, -0.1) is 0 Å². The molecule has 0 atom stereocenters. The van der Waals surface area contributed by atoms with E-state index in [9.17, 15) is 0 Å². The van der Waals surface area contributed by atoms with E-state index in [0.29, 0.717) is 0 Å². The van der Waals surface area contributed by atoms with Gasteiger partial charge < -0.3 is 9.79 Å². The van der Waals surface area contributed by atoms with Crippen molar-refractivity contribution in [1.29, 1.82) is 0 Å². The van der Waals surface area contributed by atoms with Gasteiger partial charge in [0.25, 0.3) is 8.25 Å². The SMILES string of the molecule is O=[P+]([O-])[O-].[Cu+2].[c-]1ccccc1. The van der Waals surface area contributed by atoms with Crippen LogP contribution in [0.1, 0.15) is 0 Å². The van der Waals surface area contributed by atoms with Crippen molar-refractivity contribution in [3.8, 4) is 0 Å². The molecule has 0 aliphatic heterocycles. The van der Waals surface area contributed by atoms with E-state index in [1.165, 1.54) is 0 Å². The quantitative estimate of drug-likeness (QED) is 0.346. The Balaban J connectivity index is 0. The maximum atomic E-state index is 8.48. The van der Waals surface area contributed by atoms with Crippen molar-refractivity contribution in [1.82, 2.24) is 0 Å². The average Bonchev–Trinajstić information content (AvgIpc) is 1.90. The largest absolute Gasteiger partial charge is 2.00 e. The summed E-state index contributed by atoms with van der Waals surface area (Å²) in [6.45, 7) is 0. The average molecular weight is 220 g/mol. The molecule has 1 aromatic carbocycles. The zero-order valence-electron chi connectivity index (χ0n) is 5.36. The van der Waals surface area contributed by atoms with Crippen molar-refractivity contribution < 1.29 is 31.4 Å². The summed E-state index contributed by atoms with van der Waals surface area (Å²) in [5.41, 5.74) is 0. The van der Waals surface area contributed by atoms with Crippen LogP contribution in [0.15, 0.2) is 30.3 Å². The molecule has 0 aliphatic rings. The molecule has 0 spiro atoms. The summed E-state index contributed by atoms with van der Waals surface area (Å²) < 4.78 is 8.48. The van der Waals surface area contributed by atoms with E-state index in [1.54, 1.807) is 0 Å². The summed E-state index contributed by atoms with van der Waals surface area (Å²) in [5.74, 6) is 0. The second-order valence-electron chi connectivity index (χ2n) is 1.30. The first-order valence-corrected chi connectivity index (χ1v) is 3.55. The van der Waals surface area contributed by atoms with Gasteiger partial charge in [-0.3, -0.25) is 0 Å². The molecular weight excluding hydrogens is 215 g/mol. The smallest absolute Gasteiger partial charge is 0.598 e. The summed E-state index contributed by atoms with van der Waals surface area (Å²) in [7, 11) is -3.37. The first-order chi connectivity index (χ1) is 4.73. The summed E-state index contributed by atoms with van der Waals surface area (Å²) in [4.78, 5) is 17.0. The maximum Gasteiger partial charge on any atom is 2.00 e. The van der Waals surface area contributed by atoms with Gasteiger partial charge in [-0.05, 0) is 0 Å². The molecule has 0 aromatic heterocycles. The van der Waals surface area contributed by atoms with E-state index >= 15 is 0 Å². The predicted molar refractivity (Wildman–Crippen MR) is 32.9 cm³/mol. The second kappa shape index (κ2) is 9.76. The van der Waals surface area contributed by atoms with Gasteiger partial charge in [0.2, 0.25) is 0 Å². The molecule has 0 heterocycles. The van der Waals surface area contributed by atoms with Gasteiger partial charge >= 0.3 is 17.1 Å². The Hall–Kier alpha value is -0.241. The molecule has 1 rings (SSSR count). The van der Waals surface area contributed by atoms with Crippen molar-refractivity contribution in [3.05, 3.63) is 36.4 Å². The van der Waals surface area contributed by atoms with Crippen molar-refractivity contribution in [2.24, 2.45) is 0 Å². The molecule has 5 heteroatoms. The summed E-state index contributed by atoms with van der Waals surface area (Å²) in [5, 5.41) is 0. The fourth-order valence-corrected chi connectivity index (χ4v) is 0.342.